The molecule has 2 N–H and O–H groups in total. The molecule has 0 aliphatic heterocycles. The van der Waals surface area contributed by atoms with Crippen LogP contribution in [0, 0.1) is 10.1 Å². The van der Waals surface area contributed by atoms with Crippen molar-refractivity contribution in [3.63, 3.8) is 0 Å². The highest BCUT2D eigenvalue weighted by Crippen LogP contribution is 2.31. The molecule has 8 nitrogen and oxygen atoms in total. The Morgan fingerprint density at radius 1 is 1.33 bits per heavy atom. The number of aryl methyl sites for hydroxylation is 1. The maximum atomic E-state index is 12.7. The molecule has 27 heavy (non-hydrogen) atoms. The van der Waals surface area contributed by atoms with Crippen molar-refractivity contribution in [1.82, 2.24) is 9.97 Å². The highest BCUT2D eigenvalue weighted by atomic mass is 16.6. The van der Waals surface area contributed by atoms with Crippen LogP contribution >= 0.6 is 0 Å². The lowest BCUT2D eigenvalue weighted by Crippen LogP contribution is -2.26. The third-order valence-electron chi connectivity index (χ3n) is 4.46. The number of nitrogens with one attached hydrogen (secondary N) is 2. The second-order valence-electron chi connectivity index (χ2n) is 6.27. The van der Waals surface area contributed by atoms with Gasteiger partial charge < -0.3 is 15.0 Å². The molecule has 2 aromatic rings. The number of rotatable bonds is 9. The van der Waals surface area contributed by atoms with Crippen molar-refractivity contribution >= 4 is 11.4 Å². The highest BCUT2D eigenvalue weighted by molar-refractivity contribution is 5.68. The van der Waals surface area contributed by atoms with Crippen molar-refractivity contribution in [3.8, 4) is 17.1 Å². The number of methoxy groups -OCH3 is 1. The zero-order valence-corrected chi connectivity index (χ0v) is 16.2. The number of non-ortho nitro benzene ring substituents is 1. The van der Waals surface area contributed by atoms with E-state index >= 15 is 0 Å². The molecule has 0 spiro atoms. The van der Waals surface area contributed by atoms with E-state index in [1.165, 1.54) is 25.3 Å². The first kappa shape index (κ1) is 20.4. The number of anilines is 1. The number of nitro groups is 1. The summed E-state index contributed by atoms with van der Waals surface area (Å²) in [6.07, 6.45) is 3.48. The summed E-state index contributed by atoms with van der Waals surface area (Å²) in [5.74, 6) is 0.616. The molecule has 0 amide bonds. The number of hydrogen-bond acceptors (Lipinski definition) is 6. The minimum atomic E-state index is -0.494. The summed E-state index contributed by atoms with van der Waals surface area (Å²) in [6.45, 7) is 6.12. The van der Waals surface area contributed by atoms with Gasteiger partial charge in [0.25, 0.3) is 11.2 Å². The number of hydrogen-bond donors (Lipinski definition) is 2. The van der Waals surface area contributed by atoms with Crippen molar-refractivity contribution < 1.29 is 9.66 Å². The maximum Gasteiger partial charge on any atom is 0.274 e. The Morgan fingerprint density at radius 3 is 2.63 bits per heavy atom. The summed E-state index contributed by atoms with van der Waals surface area (Å²) >= 11 is 0. The van der Waals surface area contributed by atoms with E-state index in [-0.39, 0.29) is 23.0 Å². The highest BCUT2D eigenvalue weighted by Gasteiger charge is 2.18. The van der Waals surface area contributed by atoms with Gasteiger partial charge in [0.15, 0.2) is 0 Å². The fraction of sp³-hybridized carbons (Fsp3) is 0.474. The minimum Gasteiger partial charge on any atom is -0.496 e. The number of nitrogens with zero attached hydrogens (tertiary/aromatic N) is 2. The van der Waals surface area contributed by atoms with E-state index in [0.29, 0.717) is 29.2 Å². The summed E-state index contributed by atoms with van der Waals surface area (Å²) in [5.41, 5.74) is 1.30. The standard InChI is InChI=1S/C19H26N4O4/c1-5-8-12(6-2)20-17-15(7-3)21-18(22-19(17)24)14-10-9-13(23(25)26)11-16(14)27-4/h9-12,20H,5-8H2,1-4H3,(H,21,22,24). The van der Waals surface area contributed by atoms with Crippen molar-refractivity contribution in [2.24, 2.45) is 0 Å². The van der Waals surface area contributed by atoms with Gasteiger partial charge >= 0.3 is 0 Å². The molecule has 1 aromatic heterocycles. The van der Waals surface area contributed by atoms with Crippen LogP contribution in [0.1, 0.15) is 45.7 Å². The molecule has 1 heterocycles. The zero-order valence-electron chi connectivity index (χ0n) is 16.2. The Hall–Kier alpha value is -2.90. The Bertz CT molecular complexity index is 863. The van der Waals surface area contributed by atoms with E-state index in [2.05, 4.69) is 29.1 Å². The SMILES string of the molecule is CCCC(CC)Nc1c(CC)nc(-c2ccc([N+](=O)[O-])cc2OC)[nH]c1=O. The predicted molar refractivity (Wildman–Crippen MR) is 105 cm³/mol. The Morgan fingerprint density at radius 2 is 2.07 bits per heavy atom. The third kappa shape index (κ3) is 4.64. The van der Waals surface area contributed by atoms with E-state index < -0.39 is 4.92 Å². The average Bonchev–Trinajstić information content (AvgIpc) is 2.67. The van der Waals surface area contributed by atoms with Gasteiger partial charge in [-0.25, -0.2) is 4.98 Å². The lowest BCUT2D eigenvalue weighted by Gasteiger charge is -2.19. The van der Waals surface area contributed by atoms with Crippen LogP contribution in [-0.2, 0) is 6.42 Å². The number of aromatic nitrogens is 2. The molecule has 0 saturated heterocycles. The normalized spacial score (nSPS) is 11.9. The van der Waals surface area contributed by atoms with Crippen LogP contribution in [0.2, 0.25) is 0 Å². The van der Waals surface area contributed by atoms with E-state index in [1.54, 1.807) is 0 Å². The summed E-state index contributed by atoms with van der Waals surface area (Å²) < 4.78 is 5.27. The van der Waals surface area contributed by atoms with Crippen LogP contribution in [0.15, 0.2) is 23.0 Å². The zero-order chi connectivity index (χ0) is 20.0. The van der Waals surface area contributed by atoms with Gasteiger partial charge in [0.2, 0.25) is 0 Å². The number of benzene rings is 1. The van der Waals surface area contributed by atoms with Crippen molar-refractivity contribution in [2.75, 3.05) is 12.4 Å². The Balaban J connectivity index is 2.50. The van der Waals surface area contributed by atoms with Crippen LogP contribution < -0.4 is 15.6 Å². The molecule has 0 fully saturated rings. The van der Waals surface area contributed by atoms with E-state index in [4.69, 9.17) is 4.74 Å². The van der Waals surface area contributed by atoms with Crippen molar-refractivity contribution in [2.45, 2.75) is 52.5 Å². The molecule has 0 saturated carbocycles. The molecule has 0 aliphatic rings. The molecule has 8 heteroatoms. The fourth-order valence-electron chi connectivity index (χ4n) is 2.97. The maximum absolute atomic E-state index is 12.7. The Kier molecular flexibility index (Phi) is 6.92. The van der Waals surface area contributed by atoms with Crippen LogP contribution in [-0.4, -0.2) is 28.0 Å². The molecular weight excluding hydrogens is 348 g/mol. The summed E-state index contributed by atoms with van der Waals surface area (Å²) in [7, 11) is 1.42. The molecule has 0 bridgehead atoms. The van der Waals surface area contributed by atoms with Crippen molar-refractivity contribution in [1.29, 1.82) is 0 Å². The molecular formula is C19H26N4O4. The van der Waals surface area contributed by atoms with Gasteiger partial charge in [-0.3, -0.25) is 14.9 Å². The lowest BCUT2D eigenvalue weighted by molar-refractivity contribution is -0.384. The fourth-order valence-corrected chi connectivity index (χ4v) is 2.97. The topological polar surface area (TPSA) is 110 Å². The second-order valence-corrected chi connectivity index (χ2v) is 6.27. The predicted octanol–water partition coefficient (Wildman–Crippen LogP) is 3.91. The van der Waals surface area contributed by atoms with Crippen LogP contribution in [0.5, 0.6) is 5.75 Å². The largest absolute Gasteiger partial charge is 0.496 e. The summed E-state index contributed by atoms with van der Waals surface area (Å²) in [5, 5.41) is 14.3. The molecule has 2 rings (SSSR count). The van der Waals surface area contributed by atoms with Gasteiger partial charge in [0.05, 0.1) is 29.4 Å². The van der Waals surface area contributed by atoms with Gasteiger partial charge in [0.1, 0.15) is 17.3 Å². The molecule has 1 atom stereocenters. The van der Waals surface area contributed by atoms with E-state index in [0.717, 1.165) is 19.3 Å². The first-order chi connectivity index (χ1) is 12.9. The minimum absolute atomic E-state index is 0.0858. The van der Waals surface area contributed by atoms with E-state index in [1.807, 2.05) is 6.92 Å². The monoisotopic (exact) mass is 374 g/mol. The Labute approximate surface area is 158 Å². The summed E-state index contributed by atoms with van der Waals surface area (Å²) in [4.78, 5) is 30.6. The van der Waals surface area contributed by atoms with Gasteiger partial charge in [-0.2, -0.15) is 0 Å². The number of H-pyrrole nitrogens is 1. The number of ether oxygens (including phenoxy) is 1. The quantitative estimate of drug-likeness (QED) is 0.509. The van der Waals surface area contributed by atoms with Crippen LogP contribution in [0.3, 0.4) is 0 Å². The summed E-state index contributed by atoms with van der Waals surface area (Å²) in [6, 6.07) is 4.43. The molecule has 0 aliphatic carbocycles. The van der Waals surface area contributed by atoms with E-state index in [9.17, 15) is 14.9 Å². The average molecular weight is 374 g/mol. The van der Waals surface area contributed by atoms with Gasteiger partial charge in [-0.15, -0.1) is 0 Å². The van der Waals surface area contributed by atoms with Gasteiger partial charge in [-0.05, 0) is 25.3 Å². The van der Waals surface area contributed by atoms with Crippen LogP contribution in [0.4, 0.5) is 11.4 Å². The molecule has 0 radical (unpaired) electrons. The number of aromatic amines is 1. The smallest absolute Gasteiger partial charge is 0.274 e. The first-order valence-corrected chi connectivity index (χ1v) is 9.17. The van der Waals surface area contributed by atoms with Crippen LogP contribution in [0.25, 0.3) is 11.4 Å². The third-order valence-corrected chi connectivity index (χ3v) is 4.46. The molecule has 146 valence electrons. The molecule has 1 unspecified atom stereocenters. The second kappa shape index (κ2) is 9.16. The van der Waals surface area contributed by atoms with Gasteiger partial charge in [0, 0.05) is 12.1 Å². The first-order valence-electron chi connectivity index (χ1n) is 9.17. The number of nitro benzene ring substituents is 1. The molecule has 1 aromatic carbocycles. The van der Waals surface area contributed by atoms with Crippen molar-refractivity contribution in [3.05, 3.63) is 44.4 Å². The lowest BCUT2D eigenvalue weighted by atomic mass is 10.1. The van der Waals surface area contributed by atoms with Gasteiger partial charge in [-0.1, -0.05) is 27.2 Å².